The topological polar surface area (TPSA) is 156 Å². The van der Waals surface area contributed by atoms with Gasteiger partial charge in [0.2, 0.25) is 23.6 Å². The van der Waals surface area contributed by atoms with E-state index < -0.39 is 24.0 Å². The molecule has 3 atom stereocenters. The largest absolute Gasteiger partial charge is 0.350 e. The van der Waals surface area contributed by atoms with Gasteiger partial charge >= 0.3 is 0 Å². The molecule has 3 heterocycles. The van der Waals surface area contributed by atoms with E-state index >= 15 is 0 Å². The van der Waals surface area contributed by atoms with E-state index in [1.54, 1.807) is 13.8 Å². The number of imidazole rings is 1. The number of benzene rings is 2. The van der Waals surface area contributed by atoms with Crippen LogP contribution in [0.3, 0.4) is 0 Å². The van der Waals surface area contributed by atoms with Crippen molar-refractivity contribution in [2.45, 2.75) is 85.1 Å². The SMILES string of the molecule is CCc1nc2ccccc2n1CCC(=O)N1CC(=O)N[C@@H](Cc2ccccc2)c2nc(C)nn2CC(=O)N[C@H](C)C(=O)N[C@@H](C(C)C)C1. The number of nitrogens with one attached hydrogen (secondary N) is 3. The van der Waals surface area contributed by atoms with Gasteiger partial charge < -0.3 is 25.4 Å². The third kappa shape index (κ3) is 8.25. The molecular formula is C35H45N9O4. The zero-order chi connectivity index (χ0) is 34.4. The highest BCUT2D eigenvalue weighted by Gasteiger charge is 2.30. The summed E-state index contributed by atoms with van der Waals surface area (Å²) in [6, 6.07) is 15.5. The van der Waals surface area contributed by atoms with E-state index in [1.165, 1.54) is 9.58 Å². The molecule has 5 rings (SSSR count). The second kappa shape index (κ2) is 15.2. The van der Waals surface area contributed by atoms with Crippen LogP contribution in [0.2, 0.25) is 0 Å². The van der Waals surface area contributed by atoms with Gasteiger partial charge in [-0.3, -0.25) is 19.2 Å². The van der Waals surface area contributed by atoms with Crippen molar-refractivity contribution in [2.24, 2.45) is 5.92 Å². The fourth-order valence-electron chi connectivity index (χ4n) is 6.04. The van der Waals surface area contributed by atoms with E-state index in [0.717, 1.165) is 22.4 Å². The molecule has 0 saturated heterocycles. The van der Waals surface area contributed by atoms with Crippen LogP contribution in [0.4, 0.5) is 0 Å². The lowest BCUT2D eigenvalue weighted by Gasteiger charge is -2.31. The van der Waals surface area contributed by atoms with Crippen LogP contribution >= 0.6 is 0 Å². The average Bonchev–Trinajstić information content (AvgIpc) is 3.61. The van der Waals surface area contributed by atoms with Gasteiger partial charge in [-0.15, -0.1) is 0 Å². The normalized spacial score (nSPS) is 19.7. The Morgan fingerprint density at radius 2 is 1.65 bits per heavy atom. The van der Waals surface area contributed by atoms with Gasteiger partial charge in [-0.2, -0.15) is 5.10 Å². The summed E-state index contributed by atoms with van der Waals surface area (Å²) in [5, 5.41) is 13.3. The number of carbonyl (C=O) groups is 4. The Balaban J connectivity index is 1.47. The molecule has 13 heteroatoms. The minimum atomic E-state index is -0.844. The Morgan fingerprint density at radius 3 is 2.38 bits per heavy atom. The number of nitrogens with zero attached hydrogens (tertiary/aromatic N) is 6. The number of para-hydroxylation sites is 2. The molecular weight excluding hydrogens is 610 g/mol. The molecule has 0 fully saturated rings. The summed E-state index contributed by atoms with van der Waals surface area (Å²) >= 11 is 0. The summed E-state index contributed by atoms with van der Waals surface area (Å²) in [6.45, 7) is 9.33. The fraction of sp³-hybridized carbons (Fsp3) is 0.457. The molecule has 0 saturated carbocycles. The van der Waals surface area contributed by atoms with Crippen molar-refractivity contribution in [3.05, 3.63) is 77.6 Å². The second-order valence-corrected chi connectivity index (χ2v) is 12.7. The van der Waals surface area contributed by atoms with E-state index in [9.17, 15) is 19.2 Å². The minimum Gasteiger partial charge on any atom is -0.350 e. The first-order chi connectivity index (χ1) is 23.0. The van der Waals surface area contributed by atoms with Crippen molar-refractivity contribution in [3.8, 4) is 0 Å². The molecule has 1 aliphatic rings. The van der Waals surface area contributed by atoms with Crippen molar-refractivity contribution < 1.29 is 19.2 Å². The van der Waals surface area contributed by atoms with Crippen LogP contribution in [0, 0.1) is 12.8 Å². The molecule has 2 aromatic heterocycles. The number of aromatic nitrogens is 5. The van der Waals surface area contributed by atoms with Crippen molar-refractivity contribution in [3.63, 3.8) is 0 Å². The monoisotopic (exact) mass is 655 g/mol. The molecule has 3 N–H and O–H groups in total. The molecule has 1 aliphatic heterocycles. The highest BCUT2D eigenvalue weighted by Crippen LogP contribution is 2.20. The van der Waals surface area contributed by atoms with Crippen LogP contribution in [-0.2, 0) is 45.1 Å². The van der Waals surface area contributed by atoms with Gasteiger partial charge in [0.1, 0.15) is 24.2 Å². The van der Waals surface area contributed by atoms with Gasteiger partial charge in [-0.25, -0.2) is 14.6 Å². The van der Waals surface area contributed by atoms with E-state index in [4.69, 9.17) is 4.98 Å². The maximum Gasteiger partial charge on any atom is 0.242 e. The third-order valence-electron chi connectivity index (χ3n) is 8.64. The standard InChI is InChI=1S/C35H45N9O4/c1-6-30-38-26-14-10-11-15-29(26)43(30)17-16-33(47)42-19-28(22(2)3)40-35(48)23(4)36-32(46)21-44-34(37-24(5)41-44)27(39-31(45)20-42)18-25-12-8-7-9-13-25/h7-15,22-23,27-28H,6,16-21H2,1-5H3,(H,36,46)(H,39,45)(H,40,48)/t23-,27+,28-/m1/s1. The predicted molar refractivity (Wildman–Crippen MR) is 180 cm³/mol. The molecule has 0 unspecified atom stereocenters. The summed E-state index contributed by atoms with van der Waals surface area (Å²) in [5.41, 5.74) is 2.77. The highest BCUT2D eigenvalue weighted by atomic mass is 16.2. The Hall–Kier alpha value is -5.07. The maximum absolute atomic E-state index is 14.0. The van der Waals surface area contributed by atoms with Crippen molar-refractivity contribution in [1.29, 1.82) is 0 Å². The van der Waals surface area contributed by atoms with Crippen LogP contribution in [0.25, 0.3) is 11.0 Å². The Labute approximate surface area is 280 Å². The van der Waals surface area contributed by atoms with Crippen molar-refractivity contribution in [1.82, 2.24) is 45.2 Å². The lowest BCUT2D eigenvalue weighted by atomic mass is 10.0. The van der Waals surface area contributed by atoms with E-state index in [1.807, 2.05) is 75.4 Å². The average molecular weight is 656 g/mol. The van der Waals surface area contributed by atoms with Gasteiger partial charge in [-0.1, -0.05) is 63.2 Å². The number of rotatable bonds is 7. The smallest absolute Gasteiger partial charge is 0.242 e. The van der Waals surface area contributed by atoms with Gasteiger partial charge in [0, 0.05) is 32.0 Å². The number of carbonyl (C=O) groups excluding carboxylic acids is 4. The number of fused-ring (bicyclic) bond motifs is 2. The minimum absolute atomic E-state index is 0.0712. The van der Waals surface area contributed by atoms with Crippen molar-refractivity contribution >= 4 is 34.7 Å². The summed E-state index contributed by atoms with van der Waals surface area (Å²) in [7, 11) is 0. The molecule has 0 bridgehead atoms. The summed E-state index contributed by atoms with van der Waals surface area (Å²) in [5.74, 6) is 0.233. The maximum atomic E-state index is 14.0. The van der Waals surface area contributed by atoms with Crippen molar-refractivity contribution in [2.75, 3.05) is 13.1 Å². The zero-order valence-electron chi connectivity index (χ0n) is 28.3. The fourth-order valence-corrected chi connectivity index (χ4v) is 6.04. The molecule has 13 nitrogen and oxygen atoms in total. The predicted octanol–water partition coefficient (Wildman–Crippen LogP) is 2.48. The summed E-state index contributed by atoms with van der Waals surface area (Å²) in [4.78, 5) is 65.1. The van der Waals surface area contributed by atoms with Crippen LogP contribution in [0.5, 0.6) is 0 Å². The molecule has 4 amide bonds. The van der Waals surface area contributed by atoms with Crippen LogP contribution < -0.4 is 16.0 Å². The molecule has 0 radical (unpaired) electrons. The summed E-state index contributed by atoms with van der Waals surface area (Å²) < 4.78 is 3.52. The first kappa shape index (κ1) is 34.3. The van der Waals surface area contributed by atoms with Crippen LogP contribution in [0.1, 0.15) is 63.2 Å². The molecule has 4 aromatic rings. The Bertz CT molecular complexity index is 1760. The van der Waals surface area contributed by atoms with E-state index in [2.05, 4.69) is 30.6 Å². The van der Waals surface area contributed by atoms with E-state index in [0.29, 0.717) is 31.0 Å². The number of hydrogen-bond acceptors (Lipinski definition) is 7. The van der Waals surface area contributed by atoms with Crippen LogP contribution in [-0.4, -0.2) is 78.0 Å². The third-order valence-corrected chi connectivity index (χ3v) is 8.64. The number of hydrogen-bond donors (Lipinski definition) is 3. The Kier molecular flexibility index (Phi) is 10.9. The van der Waals surface area contributed by atoms with Gasteiger partial charge in [0.25, 0.3) is 0 Å². The second-order valence-electron chi connectivity index (χ2n) is 12.7. The summed E-state index contributed by atoms with van der Waals surface area (Å²) in [6.07, 6.45) is 1.23. The van der Waals surface area contributed by atoms with Crippen LogP contribution in [0.15, 0.2) is 54.6 Å². The van der Waals surface area contributed by atoms with Gasteiger partial charge in [-0.05, 0) is 43.9 Å². The number of amides is 4. The van der Waals surface area contributed by atoms with Gasteiger partial charge in [0.15, 0.2) is 5.82 Å². The molecule has 48 heavy (non-hydrogen) atoms. The highest BCUT2D eigenvalue weighted by molar-refractivity contribution is 5.88. The number of aryl methyl sites for hydroxylation is 3. The van der Waals surface area contributed by atoms with E-state index in [-0.39, 0.29) is 49.7 Å². The first-order valence-corrected chi connectivity index (χ1v) is 16.6. The lowest BCUT2D eigenvalue weighted by molar-refractivity contribution is -0.137. The zero-order valence-corrected chi connectivity index (χ0v) is 28.3. The molecule has 0 aliphatic carbocycles. The molecule has 0 spiro atoms. The molecule has 2 aromatic carbocycles. The lowest BCUT2D eigenvalue weighted by Crippen LogP contribution is -2.54. The Morgan fingerprint density at radius 1 is 0.938 bits per heavy atom. The van der Waals surface area contributed by atoms with Gasteiger partial charge in [0.05, 0.1) is 23.6 Å². The molecule has 254 valence electrons. The first-order valence-electron chi connectivity index (χ1n) is 16.6. The quantitative estimate of drug-likeness (QED) is 0.276.